The third-order valence-electron chi connectivity index (χ3n) is 1.88. The van der Waals surface area contributed by atoms with Gasteiger partial charge in [0, 0.05) is 26.4 Å². The van der Waals surface area contributed by atoms with Crippen molar-refractivity contribution in [3.8, 4) is 0 Å². The predicted molar refractivity (Wildman–Crippen MR) is 57.1 cm³/mol. The number of amides is 1. The fourth-order valence-corrected chi connectivity index (χ4v) is 1.10. The molecule has 0 aliphatic heterocycles. The van der Waals surface area contributed by atoms with E-state index >= 15 is 0 Å². The fraction of sp³-hybridized carbons (Fsp3) is 0.800. The number of nitrogens with two attached hydrogens (primary N) is 1. The largest absolute Gasteiger partial charge is 0.464 e. The number of ether oxygens (including phenoxy) is 1. The van der Waals surface area contributed by atoms with Crippen LogP contribution in [0.25, 0.3) is 0 Å². The lowest BCUT2D eigenvalue weighted by molar-refractivity contribution is -0.141. The Kier molecular flexibility index (Phi) is 7.62. The smallest absolute Gasteiger partial charge is 0.302 e. The molecule has 0 heterocycles. The van der Waals surface area contributed by atoms with Crippen LogP contribution in [-0.2, 0) is 14.3 Å². The molecule has 0 aliphatic carbocycles. The zero-order chi connectivity index (χ0) is 11.7. The molecule has 15 heavy (non-hydrogen) atoms. The van der Waals surface area contributed by atoms with Crippen molar-refractivity contribution in [2.45, 2.75) is 39.2 Å². The van der Waals surface area contributed by atoms with Crippen LogP contribution in [0, 0.1) is 0 Å². The molecule has 0 aromatic rings. The molecule has 0 rings (SSSR count). The molecule has 0 aromatic carbocycles. The molecule has 5 nitrogen and oxygen atoms in total. The highest BCUT2D eigenvalue weighted by atomic mass is 16.5. The van der Waals surface area contributed by atoms with E-state index in [0.717, 1.165) is 19.3 Å². The summed E-state index contributed by atoms with van der Waals surface area (Å²) in [4.78, 5) is 21.0. The number of hydrogen-bond donors (Lipinski definition) is 2. The summed E-state index contributed by atoms with van der Waals surface area (Å²) in [6.45, 7) is 3.81. The zero-order valence-electron chi connectivity index (χ0n) is 9.41. The van der Waals surface area contributed by atoms with Gasteiger partial charge in [-0.2, -0.15) is 0 Å². The number of unbranched alkanes of at least 4 members (excludes halogenated alkanes) is 1. The second-order valence-corrected chi connectivity index (χ2v) is 3.54. The van der Waals surface area contributed by atoms with E-state index in [1.54, 1.807) is 0 Å². The van der Waals surface area contributed by atoms with Crippen LogP contribution in [0.3, 0.4) is 0 Å². The van der Waals surface area contributed by atoms with Gasteiger partial charge in [0.05, 0.1) is 0 Å². The first-order valence-corrected chi connectivity index (χ1v) is 5.15. The van der Waals surface area contributed by atoms with Crippen LogP contribution in [0.15, 0.2) is 0 Å². The monoisotopic (exact) mass is 216 g/mol. The van der Waals surface area contributed by atoms with E-state index in [2.05, 4.69) is 5.32 Å². The Bertz CT molecular complexity index is 207. The van der Waals surface area contributed by atoms with Crippen molar-refractivity contribution < 1.29 is 14.3 Å². The maximum Gasteiger partial charge on any atom is 0.302 e. The lowest BCUT2D eigenvalue weighted by atomic mass is 10.1. The second-order valence-electron chi connectivity index (χ2n) is 3.54. The Morgan fingerprint density at radius 2 is 2.00 bits per heavy atom. The molecule has 0 radical (unpaired) electrons. The summed E-state index contributed by atoms with van der Waals surface area (Å²) in [5.41, 5.74) is 5.70. The standard InChI is InChI=1S/C10H20N2O3/c1-8(13)12-6-4-3-5-10(11)7-15-9(2)14/h10H,3-7,11H2,1-2H3,(H,12,13)/t10-/m1/s1. The van der Waals surface area contributed by atoms with E-state index < -0.39 is 0 Å². The van der Waals surface area contributed by atoms with Gasteiger partial charge in [-0.25, -0.2) is 0 Å². The van der Waals surface area contributed by atoms with Gasteiger partial charge in [0.15, 0.2) is 0 Å². The molecule has 5 heteroatoms. The predicted octanol–water partition coefficient (Wildman–Crippen LogP) is 0.183. The number of carbonyl (C=O) groups excluding carboxylic acids is 2. The molecule has 0 saturated heterocycles. The maximum absolute atomic E-state index is 10.5. The topological polar surface area (TPSA) is 81.4 Å². The molecule has 0 saturated carbocycles. The molecule has 0 aliphatic rings. The van der Waals surface area contributed by atoms with Crippen molar-refractivity contribution in [2.75, 3.05) is 13.2 Å². The van der Waals surface area contributed by atoms with E-state index in [0.29, 0.717) is 6.54 Å². The van der Waals surface area contributed by atoms with Gasteiger partial charge in [0.1, 0.15) is 6.61 Å². The van der Waals surface area contributed by atoms with E-state index in [1.165, 1.54) is 13.8 Å². The Morgan fingerprint density at radius 3 is 2.53 bits per heavy atom. The average molecular weight is 216 g/mol. The number of esters is 1. The van der Waals surface area contributed by atoms with Crippen LogP contribution in [0.5, 0.6) is 0 Å². The van der Waals surface area contributed by atoms with Crippen molar-refractivity contribution in [1.82, 2.24) is 5.32 Å². The van der Waals surface area contributed by atoms with E-state index in [1.807, 2.05) is 0 Å². The van der Waals surface area contributed by atoms with Crippen molar-refractivity contribution in [3.63, 3.8) is 0 Å². The highest BCUT2D eigenvalue weighted by Gasteiger charge is 2.04. The Balaban J connectivity index is 3.27. The summed E-state index contributed by atoms with van der Waals surface area (Å²) >= 11 is 0. The minimum absolute atomic E-state index is 0.0146. The number of hydrogen-bond acceptors (Lipinski definition) is 4. The second kappa shape index (κ2) is 8.23. The first kappa shape index (κ1) is 13.9. The van der Waals surface area contributed by atoms with Crippen LogP contribution in [-0.4, -0.2) is 31.1 Å². The van der Waals surface area contributed by atoms with Gasteiger partial charge in [0.2, 0.25) is 5.91 Å². The first-order chi connectivity index (χ1) is 7.02. The Labute approximate surface area is 90.4 Å². The summed E-state index contributed by atoms with van der Waals surface area (Å²) in [6.07, 6.45) is 2.61. The maximum atomic E-state index is 10.5. The van der Waals surface area contributed by atoms with Crippen LogP contribution in [0.1, 0.15) is 33.1 Å². The molecule has 88 valence electrons. The molecule has 3 N–H and O–H groups in total. The van der Waals surface area contributed by atoms with Crippen LogP contribution in [0.4, 0.5) is 0 Å². The molecule has 1 atom stereocenters. The SMILES string of the molecule is CC(=O)NCCCC[C@@H](N)COC(C)=O. The van der Waals surface area contributed by atoms with Crippen LogP contribution < -0.4 is 11.1 Å². The van der Waals surface area contributed by atoms with Crippen molar-refractivity contribution in [3.05, 3.63) is 0 Å². The normalized spacial score (nSPS) is 11.9. The minimum Gasteiger partial charge on any atom is -0.464 e. The highest BCUT2D eigenvalue weighted by molar-refractivity contribution is 5.72. The number of rotatable bonds is 7. The lowest BCUT2D eigenvalue weighted by Crippen LogP contribution is -2.27. The molecule has 0 unspecified atom stereocenters. The fourth-order valence-electron chi connectivity index (χ4n) is 1.10. The van der Waals surface area contributed by atoms with Gasteiger partial charge in [-0.3, -0.25) is 9.59 Å². The number of nitrogens with one attached hydrogen (secondary N) is 1. The summed E-state index contributed by atoms with van der Waals surface area (Å²) in [5, 5.41) is 2.70. The van der Waals surface area contributed by atoms with E-state index in [9.17, 15) is 9.59 Å². The van der Waals surface area contributed by atoms with Gasteiger partial charge in [0.25, 0.3) is 0 Å². The average Bonchev–Trinajstić information content (AvgIpc) is 2.13. The Morgan fingerprint density at radius 1 is 1.33 bits per heavy atom. The molecule has 0 fully saturated rings. The van der Waals surface area contributed by atoms with Crippen molar-refractivity contribution >= 4 is 11.9 Å². The molecular weight excluding hydrogens is 196 g/mol. The van der Waals surface area contributed by atoms with Gasteiger partial charge in [-0.15, -0.1) is 0 Å². The first-order valence-electron chi connectivity index (χ1n) is 5.15. The van der Waals surface area contributed by atoms with E-state index in [-0.39, 0.29) is 24.5 Å². The van der Waals surface area contributed by atoms with Crippen LogP contribution >= 0.6 is 0 Å². The molecular formula is C10H20N2O3. The summed E-state index contributed by atoms with van der Waals surface area (Å²) in [7, 11) is 0. The summed E-state index contributed by atoms with van der Waals surface area (Å²) in [5.74, 6) is -0.317. The van der Waals surface area contributed by atoms with E-state index in [4.69, 9.17) is 10.5 Å². The zero-order valence-corrected chi connectivity index (χ0v) is 9.41. The highest BCUT2D eigenvalue weighted by Crippen LogP contribution is 1.98. The van der Waals surface area contributed by atoms with Gasteiger partial charge < -0.3 is 15.8 Å². The third-order valence-corrected chi connectivity index (χ3v) is 1.88. The van der Waals surface area contributed by atoms with Gasteiger partial charge in [-0.1, -0.05) is 6.42 Å². The molecule has 1 amide bonds. The Hall–Kier alpha value is -1.10. The summed E-state index contributed by atoms with van der Waals surface area (Å²) < 4.78 is 4.77. The van der Waals surface area contributed by atoms with Crippen LogP contribution in [0.2, 0.25) is 0 Å². The number of carbonyl (C=O) groups is 2. The molecule has 0 spiro atoms. The van der Waals surface area contributed by atoms with Crippen molar-refractivity contribution in [1.29, 1.82) is 0 Å². The minimum atomic E-state index is -0.302. The van der Waals surface area contributed by atoms with Gasteiger partial charge in [-0.05, 0) is 12.8 Å². The molecule has 0 bridgehead atoms. The third kappa shape index (κ3) is 10.8. The van der Waals surface area contributed by atoms with Crippen molar-refractivity contribution in [2.24, 2.45) is 5.73 Å². The lowest BCUT2D eigenvalue weighted by Gasteiger charge is -2.10. The van der Waals surface area contributed by atoms with Gasteiger partial charge >= 0.3 is 5.97 Å². The molecule has 0 aromatic heterocycles. The summed E-state index contributed by atoms with van der Waals surface area (Å²) in [6, 6.07) is -0.105. The quantitative estimate of drug-likeness (QED) is 0.470.